The minimum atomic E-state index is -0.159. The molecule has 0 radical (unpaired) electrons. The monoisotopic (exact) mass is 367 g/mol. The van der Waals surface area contributed by atoms with Gasteiger partial charge in [0.25, 0.3) is 5.56 Å². The van der Waals surface area contributed by atoms with Gasteiger partial charge in [-0.1, -0.05) is 19.1 Å². The summed E-state index contributed by atoms with van der Waals surface area (Å²) >= 11 is 1.76. The summed E-state index contributed by atoms with van der Waals surface area (Å²) in [5.41, 5.74) is 2.77. The predicted molar refractivity (Wildman–Crippen MR) is 104 cm³/mol. The van der Waals surface area contributed by atoms with Crippen molar-refractivity contribution in [1.82, 2.24) is 14.5 Å². The first-order valence-electron chi connectivity index (χ1n) is 8.90. The molecular weight excluding hydrogens is 346 g/mol. The number of nitrogens with zero attached hydrogens (tertiary/aromatic N) is 3. The van der Waals surface area contributed by atoms with Crippen LogP contribution in [0, 0.1) is 6.92 Å². The van der Waals surface area contributed by atoms with Crippen LogP contribution < -0.4 is 5.56 Å². The van der Waals surface area contributed by atoms with Crippen LogP contribution in [0.4, 0.5) is 0 Å². The van der Waals surface area contributed by atoms with Gasteiger partial charge in [-0.25, -0.2) is 4.98 Å². The molecule has 1 aromatic carbocycles. The number of para-hydroxylation sites is 1. The van der Waals surface area contributed by atoms with Gasteiger partial charge in [-0.15, -0.1) is 11.3 Å². The Kier molecular flexibility index (Phi) is 4.36. The number of thiophene rings is 1. The van der Waals surface area contributed by atoms with Crippen molar-refractivity contribution >= 4 is 28.1 Å². The van der Waals surface area contributed by atoms with Crippen molar-refractivity contribution in [2.75, 3.05) is 6.54 Å². The van der Waals surface area contributed by atoms with Crippen LogP contribution in [-0.4, -0.2) is 26.9 Å². The standard InChI is InChI=1S/C20H21N3O2S/c1-3-16-14-8-10-26-17(14)7-9-23(16)18(24)11-22-12-21-19-13(2)5-4-6-15(19)20(22)25/h4-6,8,10,12,16H,3,7,9,11H2,1-2H3. The third-order valence-electron chi connectivity index (χ3n) is 5.16. The van der Waals surface area contributed by atoms with Crippen molar-refractivity contribution in [3.8, 4) is 0 Å². The van der Waals surface area contributed by atoms with E-state index in [0.29, 0.717) is 17.4 Å². The van der Waals surface area contributed by atoms with E-state index in [0.717, 1.165) is 18.4 Å². The van der Waals surface area contributed by atoms with Crippen molar-refractivity contribution in [1.29, 1.82) is 0 Å². The summed E-state index contributed by atoms with van der Waals surface area (Å²) in [4.78, 5) is 33.4. The number of aryl methyl sites for hydroxylation is 1. The van der Waals surface area contributed by atoms with Crippen molar-refractivity contribution in [2.24, 2.45) is 0 Å². The molecule has 0 N–H and O–H groups in total. The lowest BCUT2D eigenvalue weighted by Crippen LogP contribution is -2.42. The van der Waals surface area contributed by atoms with Gasteiger partial charge in [0.1, 0.15) is 6.54 Å². The molecule has 1 aliphatic heterocycles. The normalized spacial score (nSPS) is 16.7. The van der Waals surface area contributed by atoms with Crippen LogP contribution in [0.2, 0.25) is 0 Å². The van der Waals surface area contributed by atoms with E-state index in [-0.39, 0.29) is 24.1 Å². The molecular formula is C20H21N3O2S. The van der Waals surface area contributed by atoms with E-state index in [1.54, 1.807) is 17.4 Å². The molecule has 3 heterocycles. The zero-order chi connectivity index (χ0) is 18.3. The number of hydrogen-bond donors (Lipinski definition) is 0. The van der Waals surface area contributed by atoms with Gasteiger partial charge >= 0.3 is 0 Å². The van der Waals surface area contributed by atoms with Gasteiger partial charge in [0.05, 0.1) is 23.3 Å². The fourth-order valence-electron chi connectivity index (χ4n) is 3.82. The highest BCUT2D eigenvalue weighted by Gasteiger charge is 2.30. The molecule has 3 aromatic rings. The molecule has 1 unspecified atom stereocenters. The molecule has 2 aromatic heterocycles. The van der Waals surface area contributed by atoms with Crippen LogP contribution in [0.5, 0.6) is 0 Å². The number of carbonyl (C=O) groups is 1. The molecule has 26 heavy (non-hydrogen) atoms. The van der Waals surface area contributed by atoms with Gasteiger partial charge < -0.3 is 4.90 Å². The molecule has 4 rings (SSSR count). The Hall–Kier alpha value is -2.47. The lowest BCUT2D eigenvalue weighted by atomic mass is 9.98. The minimum Gasteiger partial charge on any atom is -0.334 e. The first kappa shape index (κ1) is 17.0. The number of hydrogen-bond acceptors (Lipinski definition) is 4. The molecule has 5 nitrogen and oxygen atoms in total. The van der Waals surface area contributed by atoms with Crippen molar-refractivity contribution in [3.63, 3.8) is 0 Å². The molecule has 1 aliphatic rings. The van der Waals surface area contributed by atoms with Crippen molar-refractivity contribution in [3.05, 3.63) is 62.3 Å². The number of fused-ring (bicyclic) bond motifs is 2. The number of benzene rings is 1. The van der Waals surface area contributed by atoms with Crippen LogP contribution in [0.25, 0.3) is 10.9 Å². The fourth-order valence-corrected chi connectivity index (χ4v) is 4.75. The summed E-state index contributed by atoms with van der Waals surface area (Å²) in [6.45, 7) is 4.78. The maximum Gasteiger partial charge on any atom is 0.261 e. The van der Waals surface area contributed by atoms with Crippen LogP contribution in [-0.2, 0) is 17.8 Å². The molecule has 0 spiro atoms. The van der Waals surface area contributed by atoms with E-state index in [9.17, 15) is 9.59 Å². The first-order chi connectivity index (χ1) is 12.6. The van der Waals surface area contributed by atoms with Gasteiger partial charge in [-0.05, 0) is 48.4 Å². The third-order valence-corrected chi connectivity index (χ3v) is 6.16. The van der Waals surface area contributed by atoms with E-state index in [4.69, 9.17) is 0 Å². The molecule has 0 saturated heterocycles. The molecule has 6 heteroatoms. The largest absolute Gasteiger partial charge is 0.334 e. The molecule has 1 amide bonds. The first-order valence-corrected chi connectivity index (χ1v) is 9.78. The second-order valence-corrected chi connectivity index (χ2v) is 7.71. The molecule has 0 aliphatic carbocycles. The van der Waals surface area contributed by atoms with Crippen LogP contribution in [0.1, 0.15) is 35.4 Å². The Labute approximate surface area is 155 Å². The Morgan fingerprint density at radius 1 is 1.35 bits per heavy atom. The second-order valence-electron chi connectivity index (χ2n) is 6.71. The van der Waals surface area contributed by atoms with Gasteiger partial charge in [-0.2, -0.15) is 0 Å². The highest BCUT2D eigenvalue weighted by atomic mass is 32.1. The third kappa shape index (κ3) is 2.74. The molecule has 0 saturated carbocycles. The topological polar surface area (TPSA) is 55.2 Å². The number of carbonyl (C=O) groups excluding carboxylic acids is 1. The number of aromatic nitrogens is 2. The summed E-state index contributed by atoms with van der Waals surface area (Å²) in [6, 6.07) is 7.78. The maximum absolute atomic E-state index is 13.0. The highest BCUT2D eigenvalue weighted by molar-refractivity contribution is 7.10. The fraction of sp³-hybridized carbons (Fsp3) is 0.350. The molecule has 1 atom stereocenters. The predicted octanol–water partition coefficient (Wildman–Crippen LogP) is 3.30. The summed E-state index contributed by atoms with van der Waals surface area (Å²) in [5.74, 6) is -0.0235. The number of rotatable bonds is 3. The van der Waals surface area contributed by atoms with Crippen molar-refractivity contribution < 1.29 is 4.79 Å². The average molecular weight is 367 g/mol. The van der Waals surface area contributed by atoms with Crippen LogP contribution in [0.15, 0.2) is 40.8 Å². The quantitative estimate of drug-likeness (QED) is 0.714. The van der Waals surface area contributed by atoms with E-state index in [2.05, 4.69) is 23.4 Å². The second kappa shape index (κ2) is 6.68. The van der Waals surface area contributed by atoms with Crippen LogP contribution >= 0.6 is 11.3 Å². The maximum atomic E-state index is 13.0. The summed E-state index contributed by atoms with van der Waals surface area (Å²) in [7, 11) is 0. The van der Waals surface area contributed by atoms with E-state index >= 15 is 0 Å². The zero-order valence-electron chi connectivity index (χ0n) is 14.9. The van der Waals surface area contributed by atoms with E-state index in [1.807, 2.05) is 24.0 Å². The Bertz CT molecular complexity index is 1040. The Morgan fingerprint density at radius 3 is 3.00 bits per heavy atom. The highest BCUT2D eigenvalue weighted by Crippen LogP contribution is 2.35. The summed E-state index contributed by atoms with van der Waals surface area (Å²) < 4.78 is 1.43. The van der Waals surface area contributed by atoms with E-state index < -0.39 is 0 Å². The smallest absolute Gasteiger partial charge is 0.261 e. The minimum absolute atomic E-state index is 0.0235. The van der Waals surface area contributed by atoms with Gasteiger partial charge in [0.15, 0.2) is 0 Å². The Morgan fingerprint density at radius 2 is 2.19 bits per heavy atom. The van der Waals surface area contributed by atoms with Gasteiger partial charge in [-0.3, -0.25) is 14.2 Å². The average Bonchev–Trinajstić information content (AvgIpc) is 3.12. The molecule has 0 fully saturated rings. The number of amides is 1. The van der Waals surface area contributed by atoms with Crippen molar-refractivity contribution in [2.45, 2.75) is 39.3 Å². The summed E-state index contributed by atoms with van der Waals surface area (Å²) in [6.07, 6.45) is 3.26. The zero-order valence-corrected chi connectivity index (χ0v) is 15.8. The SMILES string of the molecule is CCC1c2ccsc2CCN1C(=O)Cn1cnc2c(C)cccc2c1=O. The van der Waals surface area contributed by atoms with Crippen LogP contribution in [0.3, 0.4) is 0 Å². The lowest BCUT2D eigenvalue weighted by molar-refractivity contribution is -0.134. The van der Waals surface area contributed by atoms with Gasteiger partial charge in [0.2, 0.25) is 5.91 Å². The Balaban J connectivity index is 1.64. The van der Waals surface area contributed by atoms with Gasteiger partial charge in [0, 0.05) is 11.4 Å². The molecule has 134 valence electrons. The lowest BCUT2D eigenvalue weighted by Gasteiger charge is -2.35. The molecule has 0 bridgehead atoms. The summed E-state index contributed by atoms with van der Waals surface area (Å²) in [5, 5.41) is 2.66. The van der Waals surface area contributed by atoms with E-state index in [1.165, 1.54) is 21.3 Å².